The van der Waals surface area contributed by atoms with Crippen LogP contribution in [0, 0.1) is 5.92 Å². The van der Waals surface area contributed by atoms with E-state index >= 15 is 0 Å². The lowest BCUT2D eigenvalue weighted by Crippen LogP contribution is -2.47. The van der Waals surface area contributed by atoms with Gasteiger partial charge in [0.05, 0.1) is 4.90 Å². The maximum atomic E-state index is 13.0. The lowest BCUT2D eigenvalue weighted by Gasteiger charge is -2.26. The Bertz CT molecular complexity index is 1210. The van der Waals surface area contributed by atoms with Gasteiger partial charge in [0.2, 0.25) is 10.0 Å². The lowest BCUT2D eigenvalue weighted by atomic mass is 10.1. The molecule has 0 fully saturated rings. The number of sulfonamides is 1. The van der Waals surface area contributed by atoms with Gasteiger partial charge in [-0.25, -0.2) is 8.42 Å². The van der Waals surface area contributed by atoms with Crippen molar-refractivity contribution in [1.29, 1.82) is 0 Å². The summed E-state index contributed by atoms with van der Waals surface area (Å²) in [5.74, 6) is -0.893. The van der Waals surface area contributed by atoms with Gasteiger partial charge in [-0.3, -0.25) is 4.79 Å². The number of hydrogen-bond acceptors (Lipinski definition) is 6. The molecule has 0 saturated carbocycles. The van der Waals surface area contributed by atoms with E-state index in [0.29, 0.717) is 11.2 Å². The number of anilines is 1. The third-order valence-corrected chi connectivity index (χ3v) is 6.18. The number of esters is 1. The van der Waals surface area contributed by atoms with Crippen LogP contribution < -0.4 is 10.0 Å². The molecule has 0 aliphatic carbocycles. The third kappa shape index (κ3) is 5.19. The molecule has 2 N–H and O–H groups in total. The normalized spacial score (nSPS) is 13.6. The first-order chi connectivity index (χ1) is 14.4. The number of fused-ring (bicyclic) bond motifs is 3. The SMILES string of the molecule is CCNc1ccc2oc3cc(S(=O)(=O)NC(C(=O)OC(C)(C)C)C(C)C)ccc3c2c1. The van der Waals surface area contributed by atoms with Crippen molar-refractivity contribution in [3.63, 3.8) is 0 Å². The molecule has 0 saturated heterocycles. The number of carbonyl (C=O) groups excluding carboxylic acids is 1. The molecular formula is C23H30N2O5S. The number of ether oxygens (including phenoxy) is 1. The average molecular weight is 447 g/mol. The molecule has 168 valence electrons. The molecular weight excluding hydrogens is 416 g/mol. The summed E-state index contributed by atoms with van der Waals surface area (Å²) in [5, 5.41) is 4.98. The van der Waals surface area contributed by atoms with Crippen LogP contribution in [-0.4, -0.2) is 32.6 Å². The molecule has 0 bridgehead atoms. The zero-order valence-corrected chi connectivity index (χ0v) is 19.6. The van der Waals surface area contributed by atoms with E-state index in [9.17, 15) is 13.2 Å². The number of hydrogen-bond donors (Lipinski definition) is 2. The van der Waals surface area contributed by atoms with E-state index in [1.54, 1.807) is 40.7 Å². The lowest BCUT2D eigenvalue weighted by molar-refractivity contribution is -0.158. The van der Waals surface area contributed by atoms with E-state index in [-0.39, 0.29) is 10.8 Å². The molecule has 1 atom stereocenters. The Morgan fingerprint density at radius 3 is 2.39 bits per heavy atom. The van der Waals surface area contributed by atoms with Gasteiger partial charge in [0.15, 0.2) is 0 Å². The van der Waals surface area contributed by atoms with Crippen molar-refractivity contribution in [2.75, 3.05) is 11.9 Å². The Morgan fingerprint density at radius 2 is 1.77 bits per heavy atom. The first-order valence-corrected chi connectivity index (χ1v) is 11.8. The van der Waals surface area contributed by atoms with Crippen molar-refractivity contribution in [3.05, 3.63) is 36.4 Å². The maximum absolute atomic E-state index is 13.0. The van der Waals surface area contributed by atoms with Gasteiger partial charge < -0.3 is 14.5 Å². The molecule has 0 radical (unpaired) electrons. The van der Waals surface area contributed by atoms with Gasteiger partial charge in [-0.2, -0.15) is 4.72 Å². The molecule has 0 spiro atoms. The first-order valence-electron chi connectivity index (χ1n) is 10.4. The second-order valence-corrected chi connectivity index (χ2v) is 10.6. The predicted octanol–water partition coefficient (Wildman–Crippen LogP) is 4.66. The predicted molar refractivity (Wildman–Crippen MR) is 123 cm³/mol. The van der Waals surface area contributed by atoms with Crippen LogP contribution in [0.25, 0.3) is 21.9 Å². The van der Waals surface area contributed by atoms with Crippen molar-refractivity contribution in [1.82, 2.24) is 4.72 Å². The fraction of sp³-hybridized carbons (Fsp3) is 0.435. The van der Waals surface area contributed by atoms with Crippen LogP contribution in [-0.2, 0) is 19.6 Å². The second kappa shape index (κ2) is 8.51. The topological polar surface area (TPSA) is 97.6 Å². The summed E-state index contributed by atoms with van der Waals surface area (Å²) in [6, 6.07) is 9.48. The number of furan rings is 1. The smallest absolute Gasteiger partial charge is 0.324 e. The number of benzene rings is 2. The van der Waals surface area contributed by atoms with Crippen LogP contribution in [0.2, 0.25) is 0 Å². The molecule has 2 aromatic carbocycles. The molecule has 7 nitrogen and oxygen atoms in total. The highest BCUT2D eigenvalue weighted by atomic mass is 32.2. The van der Waals surface area contributed by atoms with Gasteiger partial charge in [-0.05, 0) is 63.9 Å². The standard InChI is InChI=1S/C23H30N2O5S/c1-7-24-15-8-11-19-18(12-15)17-10-9-16(13-20(17)29-19)31(27,28)25-21(14(2)3)22(26)30-23(4,5)6/h8-14,21,24-25H,7H2,1-6H3. The van der Waals surface area contributed by atoms with Crippen LogP contribution in [0.4, 0.5) is 5.69 Å². The number of rotatable bonds is 7. The Morgan fingerprint density at radius 1 is 1.06 bits per heavy atom. The van der Waals surface area contributed by atoms with E-state index in [2.05, 4.69) is 10.0 Å². The molecule has 31 heavy (non-hydrogen) atoms. The van der Waals surface area contributed by atoms with Gasteiger partial charge in [0, 0.05) is 29.1 Å². The zero-order chi connectivity index (χ0) is 23.0. The van der Waals surface area contributed by atoms with Crippen molar-refractivity contribution in [3.8, 4) is 0 Å². The van der Waals surface area contributed by atoms with Gasteiger partial charge >= 0.3 is 5.97 Å². The van der Waals surface area contributed by atoms with Crippen molar-refractivity contribution >= 4 is 43.6 Å². The summed E-state index contributed by atoms with van der Waals surface area (Å²) < 4.78 is 39.9. The highest BCUT2D eigenvalue weighted by Gasteiger charge is 2.32. The highest BCUT2D eigenvalue weighted by Crippen LogP contribution is 2.32. The summed E-state index contributed by atoms with van der Waals surface area (Å²) in [5.41, 5.74) is 1.39. The zero-order valence-electron chi connectivity index (χ0n) is 18.8. The van der Waals surface area contributed by atoms with Crippen LogP contribution in [0.3, 0.4) is 0 Å². The maximum Gasteiger partial charge on any atom is 0.324 e. The molecule has 1 aromatic heterocycles. The Kier molecular flexibility index (Phi) is 6.34. The number of carbonyl (C=O) groups is 1. The van der Waals surface area contributed by atoms with E-state index in [1.807, 2.05) is 25.1 Å². The Balaban J connectivity index is 1.95. The first kappa shape index (κ1) is 23.1. The summed E-state index contributed by atoms with van der Waals surface area (Å²) in [6.45, 7) is 11.6. The van der Waals surface area contributed by atoms with Crippen molar-refractivity contribution in [2.24, 2.45) is 5.92 Å². The summed E-state index contributed by atoms with van der Waals surface area (Å²) in [4.78, 5) is 12.6. The summed E-state index contributed by atoms with van der Waals surface area (Å²) in [7, 11) is -3.97. The Hall–Kier alpha value is -2.58. The second-order valence-electron chi connectivity index (χ2n) is 8.88. The molecule has 1 unspecified atom stereocenters. The highest BCUT2D eigenvalue weighted by molar-refractivity contribution is 7.89. The fourth-order valence-corrected chi connectivity index (χ4v) is 4.64. The molecule has 3 rings (SSSR count). The molecule has 0 aliphatic heterocycles. The average Bonchev–Trinajstić information content (AvgIpc) is 3.02. The molecule has 1 heterocycles. The fourth-order valence-electron chi connectivity index (χ4n) is 3.30. The largest absolute Gasteiger partial charge is 0.459 e. The van der Waals surface area contributed by atoms with Crippen molar-refractivity contribution in [2.45, 2.75) is 58.1 Å². The van der Waals surface area contributed by atoms with E-state index < -0.39 is 27.6 Å². The minimum atomic E-state index is -3.97. The van der Waals surface area contributed by atoms with Crippen LogP contribution >= 0.6 is 0 Å². The minimum Gasteiger partial charge on any atom is -0.459 e. The quantitative estimate of drug-likeness (QED) is 0.512. The minimum absolute atomic E-state index is 0.0279. The van der Waals surface area contributed by atoms with Crippen molar-refractivity contribution < 1.29 is 22.4 Å². The molecule has 3 aromatic rings. The van der Waals surface area contributed by atoms with E-state index in [1.165, 1.54) is 12.1 Å². The molecule has 8 heteroatoms. The molecule has 0 amide bonds. The van der Waals surface area contributed by atoms with Crippen LogP contribution in [0.5, 0.6) is 0 Å². The van der Waals surface area contributed by atoms with Gasteiger partial charge in [0.1, 0.15) is 22.8 Å². The van der Waals surface area contributed by atoms with Crippen LogP contribution in [0.15, 0.2) is 45.7 Å². The third-order valence-electron chi connectivity index (χ3n) is 4.74. The summed E-state index contributed by atoms with van der Waals surface area (Å²) in [6.07, 6.45) is 0. The molecule has 0 aliphatic rings. The van der Waals surface area contributed by atoms with Gasteiger partial charge in [-0.1, -0.05) is 13.8 Å². The van der Waals surface area contributed by atoms with Crippen LogP contribution in [0.1, 0.15) is 41.5 Å². The van der Waals surface area contributed by atoms with E-state index in [0.717, 1.165) is 23.0 Å². The van der Waals surface area contributed by atoms with E-state index in [4.69, 9.17) is 9.15 Å². The number of nitrogens with one attached hydrogen (secondary N) is 2. The monoisotopic (exact) mass is 446 g/mol. The van der Waals surface area contributed by atoms with Gasteiger partial charge in [-0.15, -0.1) is 0 Å². The van der Waals surface area contributed by atoms with Gasteiger partial charge in [0.25, 0.3) is 0 Å². The summed E-state index contributed by atoms with van der Waals surface area (Å²) >= 11 is 0. The Labute approximate surface area is 183 Å².